The van der Waals surface area contributed by atoms with Gasteiger partial charge in [0.05, 0.1) is 4.92 Å². The number of benzene rings is 2. The first-order valence-corrected chi connectivity index (χ1v) is 8.85. The van der Waals surface area contributed by atoms with Crippen LogP contribution in [0.4, 0.5) is 5.69 Å². The Morgan fingerprint density at radius 1 is 1.15 bits per heavy atom. The molecule has 4 aromatic rings. The highest BCUT2D eigenvalue weighted by Gasteiger charge is 2.15. The van der Waals surface area contributed by atoms with Crippen LogP contribution < -0.4 is 0 Å². The Hall–Kier alpha value is -3.13. The minimum absolute atomic E-state index is 0.0876. The Labute approximate surface area is 152 Å². The van der Waals surface area contributed by atoms with Gasteiger partial charge in [-0.2, -0.15) is 0 Å². The van der Waals surface area contributed by atoms with Crippen LogP contribution in [0.25, 0.3) is 22.6 Å². The number of aromatic nitrogens is 3. The van der Waals surface area contributed by atoms with Crippen LogP contribution in [0.2, 0.25) is 0 Å². The largest absolute Gasteiger partial charge is 0.453 e. The molecule has 0 bridgehead atoms. The van der Waals surface area contributed by atoms with Crippen molar-refractivity contribution in [1.82, 2.24) is 14.8 Å². The van der Waals surface area contributed by atoms with Crippen LogP contribution in [0.5, 0.6) is 0 Å². The van der Waals surface area contributed by atoms with Crippen LogP contribution >= 0.6 is 11.8 Å². The highest BCUT2D eigenvalue weighted by atomic mass is 32.2. The summed E-state index contributed by atoms with van der Waals surface area (Å²) in [4.78, 5) is 10.3. The molecule has 0 aliphatic rings. The molecule has 2 aromatic carbocycles. The first kappa shape index (κ1) is 16.3. The summed E-state index contributed by atoms with van der Waals surface area (Å²) in [6.45, 7) is 0. The lowest BCUT2D eigenvalue weighted by Gasteiger charge is -2.02. The van der Waals surface area contributed by atoms with E-state index in [-0.39, 0.29) is 5.69 Å². The van der Waals surface area contributed by atoms with Gasteiger partial charge in [-0.1, -0.05) is 42.1 Å². The van der Waals surface area contributed by atoms with Crippen molar-refractivity contribution in [3.8, 4) is 11.6 Å². The molecule has 0 aliphatic heterocycles. The van der Waals surface area contributed by atoms with Crippen LogP contribution in [0.1, 0.15) is 5.56 Å². The molecule has 4 rings (SSSR count). The molecule has 0 unspecified atom stereocenters. The molecule has 2 aromatic heterocycles. The van der Waals surface area contributed by atoms with Gasteiger partial charge in [0.25, 0.3) is 5.69 Å². The van der Waals surface area contributed by atoms with Crippen molar-refractivity contribution in [3.63, 3.8) is 0 Å². The maximum absolute atomic E-state index is 10.7. The molecule has 7 nitrogen and oxygen atoms in total. The highest BCUT2D eigenvalue weighted by molar-refractivity contribution is 7.98. The van der Waals surface area contributed by atoms with E-state index in [0.717, 1.165) is 21.7 Å². The van der Waals surface area contributed by atoms with E-state index in [0.29, 0.717) is 17.3 Å². The van der Waals surface area contributed by atoms with Crippen LogP contribution in [-0.4, -0.2) is 19.7 Å². The average Bonchev–Trinajstić information content (AvgIpc) is 3.23. The van der Waals surface area contributed by atoms with E-state index in [1.54, 1.807) is 12.1 Å². The average molecular weight is 366 g/mol. The minimum Gasteiger partial charge on any atom is -0.453 e. The molecule has 0 radical (unpaired) electrons. The second-order valence-corrected chi connectivity index (χ2v) is 6.67. The second-order valence-electron chi connectivity index (χ2n) is 5.73. The van der Waals surface area contributed by atoms with Crippen LogP contribution in [0.3, 0.4) is 0 Å². The van der Waals surface area contributed by atoms with Crippen molar-refractivity contribution in [1.29, 1.82) is 0 Å². The summed E-state index contributed by atoms with van der Waals surface area (Å²) in [5.74, 6) is 1.97. The summed E-state index contributed by atoms with van der Waals surface area (Å²) in [5, 5.41) is 20.9. The van der Waals surface area contributed by atoms with Crippen molar-refractivity contribution in [2.24, 2.45) is 7.05 Å². The first-order chi connectivity index (χ1) is 12.6. The van der Waals surface area contributed by atoms with Gasteiger partial charge in [0.1, 0.15) is 5.58 Å². The first-order valence-electron chi connectivity index (χ1n) is 7.86. The van der Waals surface area contributed by atoms with E-state index >= 15 is 0 Å². The lowest BCUT2D eigenvalue weighted by molar-refractivity contribution is -0.384. The Kier molecular flexibility index (Phi) is 4.18. The molecule has 8 heteroatoms. The predicted octanol–water partition coefficient (Wildman–Crippen LogP) is 4.43. The van der Waals surface area contributed by atoms with Crippen molar-refractivity contribution >= 4 is 28.4 Å². The SMILES string of the molecule is Cn1c(SCc2ccc([N+](=O)[O-])cc2)nnc1-c1cc2ccccc2o1. The molecule has 130 valence electrons. The maximum Gasteiger partial charge on any atom is 0.269 e. The monoisotopic (exact) mass is 366 g/mol. The predicted molar refractivity (Wildman–Crippen MR) is 98.9 cm³/mol. The van der Waals surface area contributed by atoms with E-state index in [4.69, 9.17) is 4.42 Å². The molecule has 0 fully saturated rings. The number of hydrogen-bond acceptors (Lipinski definition) is 6. The van der Waals surface area contributed by atoms with Gasteiger partial charge in [0.2, 0.25) is 0 Å². The van der Waals surface area contributed by atoms with Crippen molar-refractivity contribution < 1.29 is 9.34 Å². The lowest BCUT2D eigenvalue weighted by atomic mass is 10.2. The number of nitro benzene ring substituents is 1. The van der Waals surface area contributed by atoms with Gasteiger partial charge >= 0.3 is 0 Å². The zero-order valence-electron chi connectivity index (χ0n) is 13.8. The summed E-state index contributed by atoms with van der Waals surface area (Å²) < 4.78 is 7.73. The number of nitrogens with zero attached hydrogens (tertiary/aromatic N) is 4. The zero-order chi connectivity index (χ0) is 18.1. The third kappa shape index (κ3) is 3.06. The molecule has 0 aliphatic carbocycles. The van der Waals surface area contributed by atoms with Crippen LogP contribution in [0, 0.1) is 10.1 Å². The summed E-state index contributed by atoms with van der Waals surface area (Å²) in [6, 6.07) is 16.3. The molecule has 0 atom stereocenters. The number of furan rings is 1. The summed E-state index contributed by atoms with van der Waals surface area (Å²) >= 11 is 1.51. The van der Waals surface area contributed by atoms with E-state index < -0.39 is 4.92 Å². The molecule has 26 heavy (non-hydrogen) atoms. The van der Waals surface area contributed by atoms with Crippen LogP contribution in [-0.2, 0) is 12.8 Å². The molecular weight excluding hydrogens is 352 g/mol. The number of hydrogen-bond donors (Lipinski definition) is 0. The fourth-order valence-corrected chi connectivity index (χ4v) is 3.48. The van der Waals surface area contributed by atoms with E-state index in [9.17, 15) is 10.1 Å². The van der Waals surface area contributed by atoms with Crippen LogP contribution in [0.15, 0.2) is 64.2 Å². The van der Waals surface area contributed by atoms with Gasteiger partial charge in [-0.3, -0.25) is 10.1 Å². The molecule has 0 amide bonds. The Morgan fingerprint density at radius 3 is 2.65 bits per heavy atom. The third-order valence-electron chi connectivity index (χ3n) is 4.00. The maximum atomic E-state index is 10.7. The summed E-state index contributed by atoms with van der Waals surface area (Å²) in [6.07, 6.45) is 0. The zero-order valence-corrected chi connectivity index (χ0v) is 14.6. The number of thioether (sulfide) groups is 1. The summed E-state index contributed by atoms with van der Waals surface area (Å²) in [7, 11) is 1.89. The fourth-order valence-electron chi connectivity index (χ4n) is 2.61. The molecule has 0 saturated heterocycles. The minimum atomic E-state index is -0.404. The molecular formula is C18H14N4O3S. The number of rotatable bonds is 5. The lowest BCUT2D eigenvalue weighted by Crippen LogP contribution is -1.94. The van der Waals surface area contributed by atoms with Crippen molar-refractivity contribution in [3.05, 3.63) is 70.3 Å². The Balaban J connectivity index is 1.52. The summed E-state index contributed by atoms with van der Waals surface area (Å²) in [5.41, 5.74) is 1.88. The smallest absolute Gasteiger partial charge is 0.269 e. The van der Waals surface area contributed by atoms with E-state index in [2.05, 4.69) is 10.2 Å². The number of non-ortho nitro benzene ring substituents is 1. The second kappa shape index (κ2) is 6.64. The standard InChI is InChI=1S/C18H14N4O3S/c1-21-17(16-10-13-4-2-3-5-15(13)25-16)19-20-18(21)26-11-12-6-8-14(9-7-12)22(23)24/h2-10H,11H2,1H3. The highest BCUT2D eigenvalue weighted by Crippen LogP contribution is 2.29. The van der Waals surface area contributed by atoms with Gasteiger partial charge in [-0.15, -0.1) is 10.2 Å². The topological polar surface area (TPSA) is 87.0 Å². The van der Waals surface area contributed by atoms with Gasteiger partial charge in [0.15, 0.2) is 16.7 Å². The third-order valence-corrected chi connectivity index (χ3v) is 5.09. The molecule has 0 saturated carbocycles. The van der Waals surface area contributed by atoms with Gasteiger partial charge in [-0.05, 0) is 17.7 Å². The fraction of sp³-hybridized carbons (Fsp3) is 0.111. The molecule has 0 N–H and O–H groups in total. The Bertz CT molecular complexity index is 1050. The normalized spacial score (nSPS) is 11.1. The van der Waals surface area contributed by atoms with Gasteiger partial charge in [0, 0.05) is 30.3 Å². The number of nitro groups is 1. The van der Waals surface area contributed by atoms with Crippen molar-refractivity contribution in [2.75, 3.05) is 0 Å². The van der Waals surface area contributed by atoms with E-state index in [1.165, 1.54) is 23.9 Å². The quantitative estimate of drug-likeness (QED) is 0.295. The molecule has 0 spiro atoms. The van der Waals surface area contributed by atoms with Gasteiger partial charge < -0.3 is 8.98 Å². The number of fused-ring (bicyclic) bond motifs is 1. The number of para-hydroxylation sites is 1. The Morgan fingerprint density at radius 2 is 1.92 bits per heavy atom. The van der Waals surface area contributed by atoms with Crippen molar-refractivity contribution in [2.45, 2.75) is 10.9 Å². The molecule has 2 heterocycles. The van der Waals surface area contributed by atoms with E-state index in [1.807, 2.05) is 41.9 Å². The van der Waals surface area contributed by atoms with Gasteiger partial charge in [-0.25, -0.2) is 0 Å².